The molecule has 0 aromatic rings. The van der Waals surface area contributed by atoms with Crippen LogP contribution in [0.15, 0.2) is 0 Å². The molecule has 18 heavy (non-hydrogen) atoms. The zero-order chi connectivity index (χ0) is 13.9. The lowest BCUT2D eigenvalue weighted by molar-refractivity contribution is -0.120. The molecule has 1 fully saturated rings. The number of nitrogens with one attached hydrogen (secondary N) is 1. The van der Waals surface area contributed by atoms with E-state index in [-0.39, 0.29) is 23.5 Å². The van der Waals surface area contributed by atoms with Crippen LogP contribution in [0.2, 0.25) is 0 Å². The van der Waals surface area contributed by atoms with Crippen LogP contribution in [-0.2, 0) is 4.79 Å². The number of piperidine rings is 1. The van der Waals surface area contributed by atoms with E-state index in [0.717, 1.165) is 25.9 Å². The van der Waals surface area contributed by atoms with Gasteiger partial charge in [0.25, 0.3) is 0 Å². The number of aliphatic hydroxyl groups is 1. The SMILES string of the molecule is CC(=O)NC1CC(CC(O)C(C)(C)C)CN(C)C1. The molecule has 3 unspecified atom stereocenters. The summed E-state index contributed by atoms with van der Waals surface area (Å²) in [5.41, 5.74) is -0.0699. The van der Waals surface area contributed by atoms with Crippen molar-refractivity contribution in [2.75, 3.05) is 20.1 Å². The fraction of sp³-hybridized carbons (Fsp3) is 0.929. The second-order valence-corrected chi connectivity index (χ2v) is 6.84. The zero-order valence-corrected chi connectivity index (χ0v) is 12.4. The quantitative estimate of drug-likeness (QED) is 0.799. The molecule has 1 amide bonds. The molecule has 3 atom stereocenters. The Kier molecular flexibility index (Phi) is 5.17. The molecule has 1 aliphatic heterocycles. The molecule has 0 aromatic heterocycles. The molecule has 0 radical (unpaired) electrons. The van der Waals surface area contributed by atoms with Crippen LogP contribution in [0.5, 0.6) is 0 Å². The first-order valence-corrected chi connectivity index (χ1v) is 6.82. The maximum Gasteiger partial charge on any atom is 0.217 e. The molecular formula is C14H28N2O2. The molecule has 4 nitrogen and oxygen atoms in total. The Bertz CT molecular complexity index is 286. The molecule has 0 saturated carbocycles. The van der Waals surface area contributed by atoms with Gasteiger partial charge in [-0.15, -0.1) is 0 Å². The van der Waals surface area contributed by atoms with Gasteiger partial charge in [-0.25, -0.2) is 0 Å². The molecular weight excluding hydrogens is 228 g/mol. The molecule has 4 heteroatoms. The van der Waals surface area contributed by atoms with E-state index >= 15 is 0 Å². The average molecular weight is 256 g/mol. The Balaban J connectivity index is 2.53. The molecule has 1 heterocycles. The summed E-state index contributed by atoms with van der Waals surface area (Å²) in [7, 11) is 2.07. The number of carbonyl (C=O) groups is 1. The first-order chi connectivity index (χ1) is 8.18. The highest BCUT2D eigenvalue weighted by Gasteiger charge is 2.30. The minimum Gasteiger partial charge on any atom is -0.393 e. The lowest BCUT2D eigenvalue weighted by atomic mass is 9.80. The summed E-state index contributed by atoms with van der Waals surface area (Å²) in [4.78, 5) is 13.4. The Hall–Kier alpha value is -0.610. The fourth-order valence-corrected chi connectivity index (χ4v) is 2.68. The number of likely N-dealkylation sites (N-methyl/N-ethyl adjacent to an activating group) is 1. The van der Waals surface area contributed by atoms with Crippen LogP contribution in [-0.4, -0.2) is 48.2 Å². The first kappa shape index (κ1) is 15.4. The second kappa shape index (κ2) is 6.02. The Morgan fingerprint density at radius 1 is 1.44 bits per heavy atom. The minimum absolute atomic E-state index is 0.0328. The molecule has 1 aliphatic rings. The molecule has 1 saturated heterocycles. The number of rotatable bonds is 3. The van der Waals surface area contributed by atoms with Crippen LogP contribution in [0.25, 0.3) is 0 Å². The first-order valence-electron chi connectivity index (χ1n) is 6.82. The predicted octanol–water partition coefficient (Wildman–Crippen LogP) is 1.24. The molecule has 2 N–H and O–H groups in total. The smallest absolute Gasteiger partial charge is 0.217 e. The van der Waals surface area contributed by atoms with Gasteiger partial charge in [-0.3, -0.25) is 4.79 Å². The van der Waals surface area contributed by atoms with Gasteiger partial charge in [0.1, 0.15) is 0 Å². The van der Waals surface area contributed by atoms with Crippen molar-refractivity contribution in [3.63, 3.8) is 0 Å². The van der Waals surface area contributed by atoms with Crippen molar-refractivity contribution in [3.05, 3.63) is 0 Å². The van der Waals surface area contributed by atoms with E-state index in [4.69, 9.17) is 0 Å². The summed E-state index contributed by atoms with van der Waals surface area (Å²) in [6.07, 6.45) is 1.49. The van der Waals surface area contributed by atoms with Gasteiger partial charge in [0.15, 0.2) is 0 Å². The Morgan fingerprint density at radius 3 is 2.56 bits per heavy atom. The normalized spacial score (nSPS) is 27.9. The summed E-state index contributed by atoms with van der Waals surface area (Å²) in [6.45, 7) is 9.67. The third-order valence-corrected chi connectivity index (χ3v) is 3.68. The van der Waals surface area contributed by atoms with E-state index in [1.165, 1.54) is 0 Å². The highest BCUT2D eigenvalue weighted by atomic mass is 16.3. The predicted molar refractivity (Wildman–Crippen MR) is 73.3 cm³/mol. The van der Waals surface area contributed by atoms with Crippen LogP contribution in [0.1, 0.15) is 40.5 Å². The van der Waals surface area contributed by atoms with Gasteiger partial charge in [0.2, 0.25) is 5.91 Å². The molecule has 0 bridgehead atoms. The number of hydrogen-bond donors (Lipinski definition) is 2. The van der Waals surface area contributed by atoms with Crippen molar-refractivity contribution in [2.24, 2.45) is 11.3 Å². The maximum absolute atomic E-state index is 11.1. The molecule has 1 rings (SSSR count). The Morgan fingerprint density at radius 2 is 2.06 bits per heavy atom. The monoisotopic (exact) mass is 256 g/mol. The van der Waals surface area contributed by atoms with Crippen LogP contribution in [0, 0.1) is 11.3 Å². The van der Waals surface area contributed by atoms with E-state index in [1.54, 1.807) is 6.92 Å². The summed E-state index contributed by atoms with van der Waals surface area (Å²) < 4.78 is 0. The number of amides is 1. The number of hydrogen-bond acceptors (Lipinski definition) is 3. The van der Waals surface area contributed by atoms with Gasteiger partial charge in [-0.05, 0) is 31.2 Å². The van der Waals surface area contributed by atoms with Crippen LogP contribution >= 0.6 is 0 Å². The number of likely N-dealkylation sites (tertiary alicyclic amines) is 1. The standard InChI is InChI=1S/C14H28N2O2/c1-10(17)15-12-6-11(8-16(5)9-12)7-13(18)14(2,3)4/h11-13,18H,6-9H2,1-5H3,(H,15,17). The topological polar surface area (TPSA) is 52.6 Å². The van der Waals surface area contributed by atoms with E-state index in [0.29, 0.717) is 5.92 Å². The van der Waals surface area contributed by atoms with Gasteiger partial charge in [0, 0.05) is 26.1 Å². The van der Waals surface area contributed by atoms with Crippen molar-refractivity contribution in [3.8, 4) is 0 Å². The summed E-state index contributed by atoms with van der Waals surface area (Å²) in [5, 5.41) is 13.2. The van der Waals surface area contributed by atoms with E-state index in [9.17, 15) is 9.90 Å². The van der Waals surface area contributed by atoms with Crippen molar-refractivity contribution in [1.82, 2.24) is 10.2 Å². The third-order valence-electron chi connectivity index (χ3n) is 3.68. The summed E-state index contributed by atoms with van der Waals surface area (Å²) in [6, 6.07) is 0.221. The minimum atomic E-state index is -0.285. The lowest BCUT2D eigenvalue weighted by Crippen LogP contribution is -2.49. The highest BCUT2D eigenvalue weighted by molar-refractivity contribution is 5.73. The molecule has 0 spiro atoms. The van der Waals surface area contributed by atoms with Crippen molar-refractivity contribution < 1.29 is 9.90 Å². The van der Waals surface area contributed by atoms with E-state index < -0.39 is 0 Å². The van der Waals surface area contributed by atoms with Crippen LogP contribution in [0.3, 0.4) is 0 Å². The van der Waals surface area contributed by atoms with Gasteiger partial charge in [-0.1, -0.05) is 20.8 Å². The fourth-order valence-electron chi connectivity index (χ4n) is 2.68. The van der Waals surface area contributed by atoms with Gasteiger partial charge < -0.3 is 15.3 Å². The highest BCUT2D eigenvalue weighted by Crippen LogP contribution is 2.28. The number of carbonyl (C=O) groups excluding carboxylic acids is 1. The van der Waals surface area contributed by atoms with Gasteiger partial charge in [-0.2, -0.15) is 0 Å². The largest absolute Gasteiger partial charge is 0.393 e. The molecule has 106 valence electrons. The van der Waals surface area contributed by atoms with Crippen LogP contribution in [0.4, 0.5) is 0 Å². The number of nitrogens with zero attached hydrogens (tertiary/aromatic N) is 1. The van der Waals surface area contributed by atoms with Crippen molar-refractivity contribution in [2.45, 2.75) is 52.7 Å². The van der Waals surface area contributed by atoms with Gasteiger partial charge >= 0.3 is 0 Å². The number of aliphatic hydroxyl groups excluding tert-OH is 1. The average Bonchev–Trinajstić information content (AvgIpc) is 2.13. The third kappa shape index (κ3) is 4.94. The Labute approximate surface area is 111 Å². The van der Waals surface area contributed by atoms with Crippen molar-refractivity contribution >= 4 is 5.91 Å². The summed E-state index contributed by atoms with van der Waals surface area (Å²) in [5.74, 6) is 0.486. The second-order valence-electron chi connectivity index (χ2n) is 6.84. The van der Waals surface area contributed by atoms with Crippen LogP contribution < -0.4 is 5.32 Å². The summed E-state index contributed by atoms with van der Waals surface area (Å²) >= 11 is 0. The molecule has 0 aliphatic carbocycles. The maximum atomic E-state index is 11.1. The van der Waals surface area contributed by atoms with E-state index in [1.807, 2.05) is 0 Å². The van der Waals surface area contributed by atoms with Crippen molar-refractivity contribution in [1.29, 1.82) is 0 Å². The lowest BCUT2D eigenvalue weighted by Gasteiger charge is -2.38. The zero-order valence-electron chi connectivity index (χ0n) is 12.4. The molecule has 0 aromatic carbocycles. The van der Waals surface area contributed by atoms with Gasteiger partial charge in [0.05, 0.1) is 6.10 Å². The van der Waals surface area contributed by atoms with E-state index in [2.05, 4.69) is 38.0 Å².